The van der Waals surface area contributed by atoms with Gasteiger partial charge in [-0.3, -0.25) is 4.18 Å². The van der Waals surface area contributed by atoms with E-state index in [-0.39, 0.29) is 4.90 Å². The molecule has 32 heavy (non-hydrogen) atoms. The number of aliphatic hydroxyl groups excluding tert-OH is 1. The average molecular weight is 473 g/mol. The third-order valence-electron chi connectivity index (χ3n) is 5.66. The van der Waals surface area contributed by atoms with Crippen LogP contribution in [0, 0.1) is 6.92 Å². The van der Waals surface area contributed by atoms with Crippen molar-refractivity contribution in [2.75, 3.05) is 13.2 Å². The lowest BCUT2D eigenvalue weighted by Crippen LogP contribution is -2.41. The van der Waals surface area contributed by atoms with Gasteiger partial charge in [-0.05, 0) is 39.3 Å². The number of unbranched alkanes of at least 4 members (excludes halogenated alkanes) is 4. The van der Waals surface area contributed by atoms with Gasteiger partial charge in [0.1, 0.15) is 24.4 Å². The van der Waals surface area contributed by atoms with Crippen molar-refractivity contribution < 1.29 is 36.7 Å². The monoisotopic (exact) mass is 472 g/mol. The van der Waals surface area contributed by atoms with Crippen LogP contribution in [-0.4, -0.2) is 63.2 Å². The topological polar surface area (TPSA) is 101 Å². The molecule has 0 unspecified atom stereocenters. The molecule has 0 aromatic heterocycles. The summed E-state index contributed by atoms with van der Waals surface area (Å²) in [7, 11) is -4.00. The second kappa shape index (κ2) is 10.9. The van der Waals surface area contributed by atoms with Gasteiger partial charge in [0.05, 0.1) is 11.5 Å². The minimum Gasteiger partial charge on any atom is -0.388 e. The molecule has 182 valence electrons. The third kappa shape index (κ3) is 6.50. The first-order chi connectivity index (χ1) is 15.1. The van der Waals surface area contributed by atoms with Crippen LogP contribution in [0.3, 0.4) is 0 Å². The van der Waals surface area contributed by atoms with Crippen LogP contribution in [0.15, 0.2) is 29.2 Å². The van der Waals surface area contributed by atoms with Crippen LogP contribution in [-0.2, 0) is 33.2 Å². The zero-order valence-electron chi connectivity index (χ0n) is 19.4. The number of hydrogen-bond acceptors (Lipinski definition) is 8. The number of fused-ring (bicyclic) bond motifs is 1. The summed E-state index contributed by atoms with van der Waals surface area (Å²) in [5.74, 6) is -0.853. The molecular formula is C23H36O8S. The maximum Gasteiger partial charge on any atom is 0.297 e. The van der Waals surface area contributed by atoms with E-state index in [0.29, 0.717) is 6.61 Å². The fraction of sp³-hybridized carbons (Fsp3) is 0.739. The Balaban J connectivity index is 1.57. The lowest BCUT2D eigenvalue weighted by molar-refractivity contribution is -0.244. The molecule has 5 atom stereocenters. The number of rotatable bonds is 12. The molecule has 0 saturated carbocycles. The summed E-state index contributed by atoms with van der Waals surface area (Å²) in [4.78, 5) is 0.0337. The van der Waals surface area contributed by atoms with Crippen LogP contribution >= 0.6 is 0 Å². The quantitative estimate of drug-likeness (QED) is 0.365. The molecule has 2 aliphatic heterocycles. The highest BCUT2D eigenvalue weighted by Crippen LogP contribution is 2.40. The van der Waals surface area contributed by atoms with E-state index in [0.717, 1.165) is 24.8 Å². The zero-order valence-corrected chi connectivity index (χ0v) is 20.2. The molecule has 9 heteroatoms. The second-order valence-corrected chi connectivity index (χ2v) is 10.6. The Labute approximate surface area is 191 Å². The predicted octanol–water partition coefficient (Wildman–Crippen LogP) is 3.29. The van der Waals surface area contributed by atoms with Crippen LogP contribution in [0.2, 0.25) is 0 Å². The maximum atomic E-state index is 12.5. The Bertz CT molecular complexity index is 823. The summed E-state index contributed by atoms with van der Waals surface area (Å²) in [5.41, 5.74) is 0.937. The van der Waals surface area contributed by atoms with Gasteiger partial charge in [-0.25, -0.2) is 0 Å². The first kappa shape index (κ1) is 25.6. The summed E-state index contributed by atoms with van der Waals surface area (Å²) in [6.45, 7) is 7.66. The Hall–Kier alpha value is -1.07. The van der Waals surface area contributed by atoms with Gasteiger partial charge in [-0.15, -0.1) is 0 Å². The summed E-state index contributed by atoms with van der Waals surface area (Å²) in [5, 5.41) is 10.7. The maximum absolute atomic E-state index is 12.5. The van der Waals surface area contributed by atoms with Crippen molar-refractivity contribution in [2.24, 2.45) is 0 Å². The van der Waals surface area contributed by atoms with Gasteiger partial charge in [-0.2, -0.15) is 8.42 Å². The molecule has 1 aromatic carbocycles. The average Bonchev–Trinajstić information content (AvgIpc) is 3.22. The SMILES string of the molecule is CCCCCCCO[C@H]1O[C@H]([C@H](O)COS(=O)(=O)c2ccc(C)cc2)[C@@H]2OC(C)(C)O[C@H]12. The largest absolute Gasteiger partial charge is 0.388 e. The highest BCUT2D eigenvalue weighted by atomic mass is 32.2. The Morgan fingerprint density at radius 3 is 2.41 bits per heavy atom. The van der Waals surface area contributed by atoms with Crippen molar-refractivity contribution in [3.8, 4) is 0 Å². The molecule has 1 aromatic rings. The standard InChI is InChI=1S/C23H36O8S/c1-5-6-7-8-9-14-27-22-21-20(30-23(3,4)31-21)19(29-22)18(24)15-28-32(25,26)17-12-10-16(2)11-13-17/h10-13,18-22,24H,5-9,14-15H2,1-4H3/t18-,19-,20+,21+,22+/m1/s1. The highest BCUT2D eigenvalue weighted by Gasteiger charge is 2.57. The molecule has 0 bridgehead atoms. The molecule has 3 rings (SSSR count). The van der Waals surface area contributed by atoms with E-state index in [2.05, 4.69) is 6.92 Å². The van der Waals surface area contributed by atoms with E-state index < -0.39 is 53.2 Å². The van der Waals surface area contributed by atoms with Crippen LogP contribution < -0.4 is 0 Å². The van der Waals surface area contributed by atoms with Gasteiger partial charge in [0, 0.05) is 6.61 Å². The van der Waals surface area contributed by atoms with Gasteiger partial charge in [-0.1, -0.05) is 50.3 Å². The van der Waals surface area contributed by atoms with Gasteiger partial charge in [0.25, 0.3) is 10.1 Å². The Morgan fingerprint density at radius 1 is 1.06 bits per heavy atom. The molecule has 0 amide bonds. The van der Waals surface area contributed by atoms with E-state index in [9.17, 15) is 13.5 Å². The number of hydrogen-bond donors (Lipinski definition) is 1. The molecule has 0 spiro atoms. The van der Waals surface area contributed by atoms with Gasteiger partial charge < -0.3 is 24.1 Å². The van der Waals surface area contributed by atoms with E-state index in [4.69, 9.17) is 23.1 Å². The molecule has 8 nitrogen and oxygen atoms in total. The summed E-state index contributed by atoms with van der Waals surface area (Å²) >= 11 is 0. The molecule has 2 saturated heterocycles. The third-order valence-corrected chi connectivity index (χ3v) is 6.96. The number of aryl methyl sites for hydroxylation is 1. The molecule has 2 aliphatic rings. The van der Waals surface area contributed by atoms with Gasteiger partial charge in [0.15, 0.2) is 12.1 Å². The van der Waals surface area contributed by atoms with Gasteiger partial charge >= 0.3 is 0 Å². The van der Waals surface area contributed by atoms with Crippen molar-refractivity contribution in [1.82, 2.24) is 0 Å². The molecule has 2 heterocycles. The van der Waals surface area contributed by atoms with Crippen molar-refractivity contribution >= 4 is 10.1 Å². The number of aliphatic hydroxyl groups is 1. The minimum atomic E-state index is -4.00. The normalized spacial score (nSPS) is 28.0. The van der Waals surface area contributed by atoms with E-state index in [1.54, 1.807) is 26.0 Å². The predicted molar refractivity (Wildman–Crippen MR) is 118 cm³/mol. The zero-order chi connectivity index (χ0) is 23.4. The van der Waals surface area contributed by atoms with E-state index in [1.807, 2.05) is 6.92 Å². The van der Waals surface area contributed by atoms with Crippen molar-refractivity contribution in [3.05, 3.63) is 29.8 Å². The molecule has 1 N–H and O–H groups in total. The smallest absolute Gasteiger partial charge is 0.297 e. The van der Waals surface area contributed by atoms with Gasteiger partial charge in [0.2, 0.25) is 0 Å². The Kier molecular flexibility index (Phi) is 8.71. The van der Waals surface area contributed by atoms with Crippen LogP contribution in [0.4, 0.5) is 0 Å². The Morgan fingerprint density at radius 2 is 1.72 bits per heavy atom. The van der Waals surface area contributed by atoms with Crippen molar-refractivity contribution in [2.45, 2.75) is 101 Å². The summed E-state index contributed by atoms with van der Waals surface area (Å²) < 4.78 is 53.7. The second-order valence-electron chi connectivity index (χ2n) is 8.94. The fourth-order valence-corrected chi connectivity index (χ4v) is 4.89. The lowest BCUT2D eigenvalue weighted by atomic mass is 10.1. The summed E-state index contributed by atoms with van der Waals surface area (Å²) in [6, 6.07) is 6.32. The van der Waals surface area contributed by atoms with Crippen LogP contribution in [0.25, 0.3) is 0 Å². The fourth-order valence-electron chi connectivity index (χ4n) is 3.97. The molecule has 0 aliphatic carbocycles. The first-order valence-electron chi connectivity index (χ1n) is 11.4. The lowest BCUT2D eigenvalue weighted by Gasteiger charge is -2.26. The van der Waals surface area contributed by atoms with Crippen molar-refractivity contribution in [3.63, 3.8) is 0 Å². The van der Waals surface area contributed by atoms with E-state index >= 15 is 0 Å². The van der Waals surface area contributed by atoms with Crippen LogP contribution in [0.5, 0.6) is 0 Å². The molecule has 0 radical (unpaired) electrons. The minimum absolute atomic E-state index is 0.0337. The highest BCUT2D eigenvalue weighted by molar-refractivity contribution is 7.86. The molecule has 2 fully saturated rings. The van der Waals surface area contributed by atoms with E-state index in [1.165, 1.54) is 25.0 Å². The van der Waals surface area contributed by atoms with Crippen LogP contribution in [0.1, 0.15) is 58.4 Å². The molecular weight excluding hydrogens is 436 g/mol. The number of ether oxygens (including phenoxy) is 4. The summed E-state index contributed by atoms with van der Waals surface area (Å²) in [6.07, 6.45) is 1.68. The number of benzene rings is 1. The van der Waals surface area contributed by atoms with Crippen molar-refractivity contribution in [1.29, 1.82) is 0 Å². The first-order valence-corrected chi connectivity index (χ1v) is 12.8.